The lowest BCUT2D eigenvalue weighted by molar-refractivity contribution is 0.0529. The van der Waals surface area contributed by atoms with Gasteiger partial charge in [-0.05, 0) is 36.9 Å². The normalized spacial score (nSPS) is 11.0. The molecule has 0 bridgehead atoms. The van der Waals surface area contributed by atoms with Crippen LogP contribution in [0, 0.1) is 6.92 Å². The smallest absolute Gasteiger partial charge is 0.341 e. The van der Waals surface area contributed by atoms with Crippen LogP contribution in [-0.4, -0.2) is 23.1 Å². The number of aryl methyl sites for hydroxylation is 2. The maximum Gasteiger partial charge on any atom is 0.341 e. The van der Waals surface area contributed by atoms with Crippen molar-refractivity contribution in [2.24, 2.45) is 7.05 Å². The van der Waals surface area contributed by atoms with Gasteiger partial charge in [-0.15, -0.1) is 22.7 Å². The molecular weight excluding hydrogens is 404 g/mol. The molecule has 0 spiro atoms. The number of benzene rings is 1. The number of aromatic nitrogens is 1. The van der Waals surface area contributed by atoms with E-state index in [2.05, 4.69) is 5.32 Å². The highest BCUT2D eigenvalue weighted by atomic mass is 32.1. The second kappa shape index (κ2) is 7.85. The second-order valence-electron chi connectivity index (χ2n) is 6.65. The van der Waals surface area contributed by atoms with E-state index < -0.39 is 5.97 Å². The van der Waals surface area contributed by atoms with Crippen molar-refractivity contribution in [2.75, 3.05) is 11.9 Å². The first kappa shape index (κ1) is 19.4. The predicted octanol–water partition coefficient (Wildman–Crippen LogP) is 5.71. The fourth-order valence-electron chi connectivity index (χ4n) is 3.24. The van der Waals surface area contributed by atoms with Gasteiger partial charge in [0.2, 0.25) is 0 Å². The van der Waals surface area contributed by atoms with E-state index in [4.69, 9.17) is 4.74 Å². The van der Waals surface area contributed by atoms with Gasteiger partial charge in [0.15, 0.2) is 0 Å². The molecule has 0 fully saturated rings. The molecule has 0 saturated heterocycles. The Labute approximate surface area is 176 Å². The minimum atomic E-state index is -0.438. The van der Waals surface area contributed by atoms with Crippen molar-refractivity contribution in [3.8, 4) is 11.1 Å². The van der Waals surface area contributed by atoms with E-state index in [1.165, 1.54) is 11.3 Å². The lowest BCUT2D eigenvalue weighted by atomic mass is 10.0. The van der Waals surface area contributed by atoms with Crippen molar-refractivity contribution in [3.05, 3.63) is 64.0 Å². The first-order chi connectivity index (χ1) is 14.0. The number of fused-ring (bicyclic) bond motifs is 1. The minimum absolute atomic E-state index is 0.251. The Morgan fingerprint density at radius 1 is 1.14 bits per heavy atom. The molecule has 3 heterocycles. The summed E-state index contributed by atoms with van der Waals surface area (Å²) in [5, 5.41) is 7.30. The van der Waals surface area contributed by atoms with Crippen molar-refractivity contribution < 1.29 is 14.3 Å². The van der Waals surface area contributed by atoms with E-state index in [1.807, 2.05) is 65.7 Å². The Morgan fingerprint density at radius 3 is 2.59 bits per heavy atom. The van der Waals surface area contributed by atoms with Crippen LogP contribution in [0.5, 0.6) is 0 Å². The van der Waals surface area contributed by atoms with Crippen LogP contribution >= 0.6 is 22.7 Å². The third-order valence-corrected chi connectivity index (χ3v) is 6.51. The minimum Gasteiger partial charge on any atom is -0.462 e. The van der Waals surface area contributed by atoms with Gasteiger partial charge in [-0.1, -0.05) is 29.8 Å². The summed E-state index contributed by atoms with van der Waals surface area (Å²) in [7, 11) is 1.86. The van der Waals surface area contributed by atoms with Crippen LogP contribution in [0.3, 0.4) is 0 Å². The van der Waals surface area contributed by atoms with Gasteiger partial charge in [0, 0.05) is 18.0 Å². The molecule has 7 heteroatoms. The predicted molar refractivity (Wildman–Crippen MR) is 119 cm³/mol. The van der Waals surface area contributed by atoms with E-state index in [0.717, 1.165) is 26.9 Å². The fourth-order valence-corrected chi connectivity index (χ4v) is 5.04. The molecular formula is C22H20N2O3S2. The highest BCUT2D eigenvalue weighted by molar-refractivity contribution is 7.17. The van der Waals surface area contributed by atoms with Crippen LogP contribution in [-0.2, 0) is 11.8 Å². The molecule has 3 aromatic heterocycles. The molecule has 0 unspecified atom stereocenters. The van der Waals surface area contributed by atoms with Crippen molar-refractivity contribution in [2.45, 2.75) is 13.8 Å². The fraction of sp³-hybridized carbons (Fsp3) is 0.182. The molecule has 5 nitrogen and oxygen atoms in total. The quantitative estimate of drug-likeness (QED) is 0.418. The van der Waals surface area contributed by atoms with Crippen LogP contribution in [0.1, 0.15) is 33.3 Å². The summed E-state index contributed by atoms with van der Waals surface area (Å²) >= 11 is 2.92. The van der Waals surface area contributed by atoms with E-state index in [1.54, 1.807) is 18.3 Å². The molecule has 0 aliphatic rings. The molecule has 0 atom stereocenters. The molecule has 4 aromatic rings. The lowest BCUT2D eigenvalue weighted by Crippen LogP contribution is -2.17. The highest BCUT2D eigenvalue weighted by Crippen LogP contribution is 2.37. The molecule has 0 saturated carbocycles. The van der Waals surface area contributed by atoms with Crippen LogP contribution in [0.15, 0.2) is 47.2 Å². The van der Waals surface area contributed by atoms with Crippen LogP contribution in [0.2, 0.25) is 0 Å². The third kappa shape index (κ3) is 3.59. The standard InChI is InChI=1S/C22H20N2O3S2/c1-4-27-22(26)19-15(14-7-5-13(2)6-8-14)12-29-21(19)23-20(25)17-11-18-16(24(17)3)9-10-28-18/h5-12H,4H2,1-3H3,(H,23,25). The number of carbonyl (C=O) groups is 2. The lowest BCUT2D eigenvalue weighted by Gasteiger charge is -2.09. The second-order valence-corrected chi connectivity index (χ2v) is 8.48. The maximum absolute atomic E-state index is 13.0. The van der Waals surface area contributed by atoms with Gasteiger partial charge in [0.25, 0.3) is 5.91 Å². The first-order valence-corrected chi connectivity index (χ1v) is 11.0. The zero-order valence-corrected chi connectivity index (χ0v) is 17.9. The number of amides is 1. The van der Waals surface area contributed by atoms with Gasteiger partial charge in [-0.3, -0.25) is 4.79 Å². The van der Waals surface area contributed by atoms with Crippen molar-refractivity contribution in [3.63, 3.8) is 0 Å². The average Bonchev–Trinajstić information content (AvgIpc) is 3.39. The van der Waals surface area contributed by atoms with Crippen LogP contribution < -0.4 is 5.32 Å². The SMILES string of the molecule is CCOC(=O)c1c(-c2ccc(C)cc2)csc1NC(=O)c1cc2sccc2n1C. The summed E-state index contributed by atoms with van der Waals surface area (Å²) in [6.07, 6.45) is 0. The topological polar surface area (TPSA) is 60.3 Å². The van der Waals surface area contributed by atoms with Gasteiger partial charge in [-0.25, -0.2) is 4.79 Å². The Kier molecular flexibility index (Phi) is 5.25. The number of rotatable bonds is 5. The average molecular weight is 425 g/mol. The maximum atomic E-state index is 13.0. The van der Waals surface area contributed by atoms with Crippen molar-refractivity contribution >= 4 is 49.8 Å². The molecule has 0 aliphatic carbocycles. The molecule has 148 valence electrons. The summed E-state index contributed by atoms with van der Waals surface area (Å²) in [5.74, 6) is -0.689. The molecule has 4 rings (SSSR count). The Hall–Kier alpha value is -2.90. The zero-order valence-electron chi connectivity index (χ0n) is 16.3. The number of thiophene rings is 2. The highest BCUT2D eigenvalue weighted by Gasteiger charge is 2.24. The number of hydrogen-bond donors (Lipinski definition) is 1. The summed E-state index contributed by atoms with van der Waals surface area (Å²) < 4.78 is 8.18. The number of esters is 1. The summed E-state index contributed by atoms with van der Waals surface area (Å²) in [4.78, 5) is 25.7. The molecule has 0 radical (unpaired) electrons. The number of nitrogens with zero attached hydrogens (tertiary/aromatic N) is 1. The monoisotopic (exact) mass is 424 g/mol. The number of nitrogens with one attached hydrogen (secondary N) is 1. The molecule has 0 aliphatic heterocycles. The van der Waals surface area contributed by atoms with E-state index in [-0.39, 0.29) is 12.5 Å². The molecule has 1 aromatic carbocycles. The first-order valence-electron chi connectivity index (χ1n) is 9.19. The molecule has 29 heavy (non-hydrogen) atoms. The number of carbonyl (C=O) groups excluding carboxylic acids is 2. The Morgan fingerprint density at radius 2 is 1.90 bits per heavy atom. The summed E-state index contributed by atoms with van der Waals surface area (Å²) in [5.41, 5.74) is 4.76. The molecule has 1 amide bonds. The number of anilines is 1. The number of hydrogen-bond acceptors (Lipinski definition) is 5. The third-order valence-electron chi connectivity index (χ3n) is 4.76. The van der Waals surface area contributed by atoms with Crippen LogP contribution in [0.4, 0.5) is 5.00 Å². The van der Waals surface area contributed by atoms with Crippen LogP contribution in [0.25, 0.3) is 21.3 Å². The van der Waals surface area contributed by atoms with Gasteiger partial charge in [-0.2, -0.15) is 0 Å². The summed E-state index contributed by atoms with van der Waals surface area (Å²) in [6.45, 7) is 4.05. The van der Waals surface area contributed by atoms with E-state index in [9.17, 15) is 9.59 Å². The Balaban J connectivity index is 1.72. The van der Waals surface area contributed by atoms with Gasteiger partial charge < -0.3 is 14.6 Å². The largest absolute Gasteiger partial charge is 0.462 e. The van der Waals surface area contributed by atoms with Gasteiger partial charge in [0.05, 0.1) is 16.8 Å². The Bertz CT molecular complexity index is 1200. The zero-order chi connectivity index (χ0) is 20.5. The van der Waals surface area contributed by atoms with E-state index >= 15 is 0 Å². The van der Waals surface area contributed by atoms with Gasteiger partial charge >= 0.3 is 5.97 Å². The van der Waals surface area contributed by atoms with Crippen molar-refractivity contribution in [1.29, 1.82) is 0 Å². The van der Waals surface area contributed by atoms with Gasteiger partial charge in [0.1, 0.15) is 16.3 Å². The summed E-state index contributed by atoms with van der Waals surface area (Å²) in [6, 6.07) is 11.8. The number of ether oxygens (including phenoxy) is 1. The van der Waals surface area contributed by atoms with Crippen molar-refractivity contribution in [1.82, 2.24) is 4.57 Å². The molecule has 1 N–H and O–H groups in total. The van der Waals surface area contributed by atoms with E-state index in [0.29, 0.717) is 16.3 Å².